The molecule has 1 aliphatic heterocycles. The van der Waals surface area contributed by atoms with E-state index in [0.29, 0.717) is 0 Å². The van der Waals surface area contributed by atoms with Gasteiger partial charge in [0.25, 0.3) is 0 Å². The lowest BCUT2D eigenvalue weighted by Gasteiger charge is -2.26. The highest BCUT2D eigenvalue weighted by Crippen LogP contribution is 2.12. The van der Waals surface area contributed by atoms with Crippen molar-refractivity contribution in [2.24, 2.45) is 0 Å². The molecule has 0 aromatic heterocycles. The topological polar surface area (TPSA) is 20.3 Å². The van der Waals surface area contributed by atoms with Crippen molar-refractivity contribution in [1.82, 2.24) is 4.90 Å². The molecule has 0 amide bonds. The van der Waals surface area contributed by atoms with E-state index in [1.807, 2.05) is 6.26 Å². The van der Waals surface area contributed by atoms with Crippen LogP contribution in [0.25, 0.3) is 0 Å². The number of nitrogens with zero attached hydrogens (tertiary/aromatic N) is 1. The molecule has 114 valence electrons. The minimum absolute atomic E-state index is 0.584. The van der Waals surface area contributed by atoms with Crippen LogP contribution in [-0.4, -0.2) is 40.8 Å². The zero-order valence-electron chi connectivity index (χ0n) is 12.9. The molecule has 1 saturated heterocycles. The molecule has 0 radical (unpaired) electrons. The van der Waals surface area contributed by atoms with Crippen molar-refractivity contribution in [1.29, 1.82) is 0 Å². The molecule has 1 aliphatic rings. The van der Waals surface area contributed by atoms with Gasteiger partial charge in [-0.05, 0) is 45.3 Å². The van der Waals surface area contributed by atoms with Gasteiger partial charge in [-0.2, -0.15) is 0 Å². The third kappa shape index (κ3) is 10.5. The molecule has 1 rings (SSSR count). The van der Waals surface area contributed by atoms with Crippen LogP contribution < -0.4 is 0 Å². The summed E-state index contributed by atoms with van der Waals surface area (Å²) >= 11 is 0. The van der Waals surface area contributed by atoms with Gasteiger partial charge >= 0.3 is 0 Å². The molecule has 19 heavy (non-hydrogen) atoms. The first-order chi connectivity index (χ1) is 9.29. The summed E-state index contributed by atoms with van der Waals surface area (Å²) in [5, 5.41) is 0. The normalized spacial score (nSPS) is 18.6. The molecule has 0 aliphatic carbocycles. The number of rotatable bonds is 11. The van der Waals surface area contributed by atoms with E-state index in [0.717, 1.165) is 12.2 Å². The average Bonchev–Trinajstić information content (AvgIpc) is 2.42. The summed E-state index contributed by atoms with van der Waals surface area (Å²) in [7, 11) is -0.584. The Morgan fingerprint density at radius 2 is 1.32 bits per heavy atom. The predicted octanol–water partition coefficient (Wildman–Crippen LogP) is 3.97. The van der Waals surface area contributed by atoms with Gasteiger partial charge < -0.3 is 4.90 Å². The fraction of sp³-hybridized carbons (Fsp3) is 1.00. The van der Waals surface area contributed by atoms with E-state index >= 15 is 0 Å². The lowest BCUT2D eigenvalue weighted by atomic mass is 10.1. The Bertz CT molecular complexity index is 227. The summed E-state index contributed by atoms with van der Waals surface area (Å²) in [4.78, 5) is 2.65. The van der Waals surface area contributed by atoms with Gasteiger partial charge in [-0.3, -0.25) is 4.21 Å². The van der Waals surface area contributed by atoms with Crippen molar-refractivity contribution in [2.75, 3.05) is 31.6 Å². The monoisotopic (exact) mass is 287 g/mol. The lowest BCUT2D eigenvalue weighted by molar-refractivity contribution is 0.224. The van der Waals surface area contributed by atoms with Crippen molar-refractivity contribution in [2.45, 2.75) is 70.6 Å². The molecule has 0 aromatic rings. The summed E-state index contributed by atoms with van der Waals surface area (Å²) in [6.45, 7) is 4.03. The van der Waals surface area contributed by atoms with Gasteiger partial charge in [0.1, 0.15) is 0 Å². The highest BCUT2D eigenvalue weighted by molar-refractivity contribution is 7.84. The molecule has 1 atom stereocenters. The molecule has 0 saturated carbocycles. The smallest absolute Gasteiger partial charge is 0.0232 e. The molecule has 0 spiro atoms. The van der Waals surface area contributed by atoms with Gasteiger partial charge in [0.05, 0.1) is 0 Å². The van der Waals surface area contributed by atoms with Crippen LogP contribution in [0.5, 0.6) is 0 Å². The van der Waals surface area contributed by atoms with Crippen LogP contribution in [0.3, 0.4) is 0 Å². The Hall–Kier alpha value is 0.110. The Kier molecular flexibility index (Phi) is 10.7. The van der Waals surface area contributed by atoms with Crippen LogP contribution in [-0.2, 0) is 10.8 Å². The van der Waals surface area contributed by atoms with Gasteiger partial charge in [-0.15, -0.1) is 0 Å². The van der Waals surface area contributed by atoms with Crippen LogP contribution in [0.1, 0.15) is 70.6 Å². The molecule has 1 unspecified atom stereocenters. The summed E-state index contributed by atoms with van der Waals surface area (Å²) < 4.78 is 10.9. The van der Waals surface area contributed by atoms with Crippen molar-refractivity contribution in [3.8, 4) is 0 Å². The zero-order valence-corrected chi connectivity index (χ0v) is 13.7. The van der Waals surface area contributed by atoms with Crippen molar-refractivity contribution in [3.05, 3.63) is 0 Å². The summed E-state index contributed by atoms with van der Waals surface area (Å²) in [6.07, 6.45) is 16.8. The van der Waals surface area contributed by atoms with E-state index < -0.39 is 10.8 Å². The van der Waals surface area contributed by atoms with Gasteiger partial charge in [0.15, 0.2) is 0 Å². The molecule has 0 bridgehead atoms. The van der Waals surface area contributed by atoms with Crippen molar-refractivity contribution in [3.63, 3.8) is 0 Å². The predicted molar refractivity (Wildman–Crippen MR) is 86.2 cm³/mol. The quantitative estimate of drug-likeness (QED) is 0.536. The molecular formula is C16H33NOS. The molecule has 0 N–H and O–H groups in total. The summed E-state index contributed by atoms with van der Waals surface area (Å²) in [6, 6.07) is 0. The standard InChI is InChI=1S/C16H33NOS/c1-19(18)16-12-7-5-3-2-4-6-9-13-17-14-10-8-11-15-17/h2-16H2,1H3. The fourth-order valence-electron chi connectivity index (χ4n) is 2.88. The van der Waals surface area contributed by atoms with E-state index in [1.54, 1.807) is 0 Å². The Morgan fingerprint density at radius 1 is 0.789 bits per heavy atom. The van der Waals surface area contributed by atoms with E-state index in [-0.39, 0.29) is 0 Å². The first kappa shape index (κ1) is 17.2. The van der Waals surface area contributed by atoms with Gasteiger partial charge in [0, 0.05) is 22.8 Å². The van der Waals surface area contributed by atoms with Crippen LogP contribution in [0.15, 0.2) is 0 Å². The third-order valence-electron chi connectivity index (χ3n) is 4.10. The second-order valence-electron chi connectivity index (χ2n) is 6.01. The SMILES string of the molecule is CS(=O)CCCCCCCCCCN1CCCCC1. The molecule has 1 fully saturated rings. The average molecular weight is 288 g/mol. The highest BCUT2D eigenvalue weighted by atomic mass is 32.2. The van der Waals surface area contributed by atoms with Gasteiger partial charge in [0.2, 0.25) is 0 Å². The molecule has 2 nitrogen and oxygen atoms in total. The number of hydrogen-bond donors (Lipinski definition) is 0. The van der Waals surface area contributed by atoms with E-state index in [1.165, 1.54) is 83.8 Å². The Morgan fingerprint density at radius 3 is 1.89 bits per heavy atom. The highest BCUT2D eigenvalue weighted by Gasteiger charge is 2.08. The zero-order chi connectivity index (χ0) is 13.8. The maximum Gasteiger partial charge on any atom is 0.0232 e. The maximum atomic E-state index is 10.9. The molecule has 0 aromatic carbocycles. The largest absolute Gasteiger partial charge is 0.303 e. The van der Waals surface area contributed by atoms with E-state index in [9.17, 15) is 4.21 Å². The maximum absolute atomic E-state index is 10.9. The third-order valence-corrected chi connectivity index (χ3v) is 4.97. The first-order valence-corrected chi connectivity index (χ1v) is 10.0. The van der Waals surface area contributed by atoms with E-state index in [2.05, 4.69) is 4.90 Å². The van der Waals surface area contributed by atoms with Crippen LogP contribution in [0.2, 0.25) is 0 Å². The second-order valence-corrected chi connectivity index (χ2v) is 7.56. The van der Waals surface area contributed by atoms with Crippen LogP contribution in [0, 0.1) is 0 Å². The van der Waals surface area contributed by atoms with Crippen molar-refractivity contribution < 1.29 is 4.21 Å². The fourth-order valence-corrected chi connectivity index (χ4v) is 3.50. The number of hydrogen-bond acceptors (Lipinski definition) is 2. The molecular weight excluding hydrogens is 254 g/mol. The second kappa shape index (κ2) is 11.9. The van der Waals surface area contributed by atoms with Crippen molar-refractivity contribution >= 4 is 10.8 Å². The summed E-state index contributed by atoms with van der Waals surface area (Å²) in [5.41, 5.74) is 0. The Labute approximate surface area is 122 Å². The number of unbranched alkanes of at least 4 members (excludes halogenated alkanes) is 7. The minimum Gasteiger partial charge on any atom is -0.303 e. The van der Waals surface area contributed by atoms with E-state index in [4.69, 9.17) is 0 Å². The number of piperidine rings is 1. The van der Waals surface area contributed by atoms with Crippen LogP contribution >= 0.6 is 0 Å². The molecule has 1 heterocycles. The van der Waals surface area contributed by atoms with Gasteiger partial charge in [-0.1, -0.05) is 44.9 Å². The lowest BCUT2D eigenvalue weighted by Crippen LogP contribution is -2.30. The summed E-state index contributed by atoms with van der Waals surface area (Å²) in [5.74, 6) is 0.899. The minimum atomic E-state index is -0.584. The number of likely N-dealkylation sites (tertiary alicyclic amines) is 1. The first-order valence-electron chi connectivity index (χ1n) is 8.31. The van der Waals surface area contributed by atoms with Crippen LogP contribution in [0.4, 0.5) is 0 Å². The molecule has 3 heteroatoms. The van der Waals surface area contributed by atoms with Gasteiger partial charge in [-0.25, -0.2) is 0 Å². The Balaban J connectivity index is 1.74.